The van der Waals surface area contributed by atoms with Crippen LogP contribution in [0.25, 0.3) is 21.8 Å². The van der Waals surface area contributed by atoms with Gasteiger partial charge in [-0.25, -0.2) is 4.98 Å². The third-order valence-electron chi connectivity index (χ3n) is 4.32. The number of amides is 1. The SMILES string of the molecule is N#CCOc1ccc(NC(=O)c2sc(-c3ccccc3)nc2-c2ccccc2)cc1. The van der Waals surface area contributed by atoms with Gasteiger partial charge in [-0.3, -0.25) is 4.79 Å². The highest BCUT2D eigenvalue weighted by molar-refractivity contribution is 7.17. The molecule has 4 aromatic rings. The van der Waals surface area contributed by atoms with Gasteiger partial charge in [0.25, 0.3) is 5.91 Å². The Morgan fingerprint density at radius 2 is 1.57 bits per heavy atom. The molecule has 0 atom stereocenters. The number of hydrogen-bond acceptors (Lipinski definition) is 5. The minimum Gasteiger partial charge on any atom is -0.479 e. The summed E-state index contributed by atoms with van der Waals surface area (Å²) in [5.74, 6) is 0.350. The van der Waals surface area contributed by atoms with E-state index in [1.807, 2.05) is 66.7 Å². The minimum absolute atomic E-state index is 0.0186. The first-order chi connectivity index (χ1) is 14.7. The number of ether oxygens (including phenoxy) is 1. The zero-order valence-electron chi connectivity index (χ0n) is 15.9. The molecule has 0 aliphatic rings. The van der Waals surface area contributed by atoms with Crippen molar-refractivity contribution in [3.05, 3.63) is 89.8 Å². The Kier molecular flexibility index (Phi) is 5.83. The summed E-state index contributed by atoms with van der Waals surface area (Å²) in [6, 6.07) is 28.3. The highest BCUT2D eigenvalue weighted by Crippen LogP contribution is 2.34. The van der Waals surface area contributed by atoms with Crippen molar-refractivity contribution >= 4 is 22.9 Å². The van der Waals surface area contributed by atoms with Crippen LogP contribution in [-0.2, 0) is 0 Å². The summed E-state index contributed by atoms with van der Waals surface area (Å²) < 4.78 is 5.25. The topological polar surface area (TPSA) is 75.0 Å². The maximum absolute atomic E-state index is 13.1. The number of benzene rings is 3. The van der Waals surface area contributed by atoms with Crippen LogP contribution in [0.5, 0.6) is 5.75 Å². The largest absolute Gasteiger partial charge is 0.479 e. The van der Waals surface area contributed by atoms with E-state index in [-0.39, 0.29) is 12.5 Å². The number of rotatable bonds is 6. The van der Waals surface area contributed by atoms with Crippen LogP contribution in [0.2, 0.25) is 0 Å². The molecule has 0 unspecified atom stereocenters. The molecule has 5 nitrogen and oxygen atoms in total. The predicted molar refractivity (Wildman–Crippen MR) is 118 cm³/mol. The van der Waals surface area contributed by atoms with E-state index < -0.39 is 0 Å². The molecular formula is C24H17N3O2S. The number of thiazole rings is 1. The number of hydrogen-bond donors (Lipinski definition) is 1. The lowest BCUT2D eigenvalue weighted by molar-refractivity contribution is 0.103. The van der Waals surface area contributed by atoms with Crippen LogP contribution in [-0.4, -0.2) is 17.5 Å². The van der Waals surface area contributed by atoms with Crippen LogP contribution in [0.1, 0.15) is 9.67 Å². The maximum atomic E-state index is 13.1. The van der Waals surface area contributed by atoms with E-state index in [0.29, 0.717) is 22.0 Å². The zero-order chi connectivity index (χ0) is 20.8. The second-order valence-electron chi connectivity index (χ2n) is 6.35. The molecule has 0 bridgehead atoms. The Balaban J connectivity index is 1.64. The fraction of sp³-hybridized carbons (Fsp3) is 0.0417. The van der Waals surface area contributed by atoms with E-state index in [0.717, 1.165) is 16.1 Å². The lowest BCUT2D eigenvalue weighted by Gasteiger charge is -2.07. The van der Waals surface area contributed by atoms with Gasteiger partial charge in [0.2, 0.25) is 0 Å². The molecule has 0 fully saturated rings. The molecule has 146 valence electrons. The van der Waals surface area contributed by atoms with Gasteiger partial charge in [-0.05, 0) is 24.3 Å². The van der Waals surface area contributed by atoms with E-state index in [1.165, 1.54) is 11.3 Å². The van der Waals surface area contributed by atoms with Gasteiger partial charge in [0.1, 0.15) is 21.7 Å². The fourth-order valence-electron chi connectivity index (χ4n) is 2.91. The average Bonchev–Trinajstić information content (AvgIpc) is 3.26. The number of aromatic nitrogens is 1. The Bertz CT molecular complexity index is 1180. The van der Waals surface area contributed by atoms with Crippen LogP contribution in [0, 0.1) is 11.3 Å². The van der Waals surface area contributed by atoms with Crippen LogP contribution >= 0.6 is 11.3 Å². The summed E-state index contributed by atoms with van der Waals surface area (Å²) >= 11 is 1.37. The highest BCUT2D eigenvalue weighted by Gasteiger charge is 2.20. The molecule has 1 heterocycles. The summed E-state index contributed by atoms with van der Waals surface area (Å²) in [4.78, 5) is 18.4. The standard InChI is InChI=1S/C24H17N3O2S/c25-15-16-29-20-13-11-19(12-14-20)26-23(28)22-21(17-7-3-1-4-8-17)27-24(30-22)18-9-5-2-6-10-18/h1-14H,16H2,(H,26,28). The van der Waals surface area contributed by atoms with E-state index in [9.17, 15) is 4.79 Å². The maximum Gasteiger partial charge on any atom is 0.268 e. The Hall–Kier alpha value is -3.95. The average molecular weight is 411 g/mol. The van der Waals surface area contributed by atoms with Crippen molar-refractivity contribution in [1.29, 1.82) is 5.26 Å². The van der Waals surface area contributed by atoms with Crippen molar-refractivity contribution < 1.29 is 9.53 Å². The minimum atomic E-state index is -0.223. The molecule has 4 rings (SSSR count). The molecule has 1 amide bonds. The highest BCUT2D eigenvalue weighted by atomic mass is 32.1. The van der Waals surface area contributed by atoms with E-state index in [4.69, 9.17) is 15.0 Å². The molecule has 0 aliphatic carbocycles. The second-order valence-corrected chi connectivity index (χ2v) is 7.35. The molecule has 0 aliphatic heterocycles. The molecule has 6 heteroatoms. The predicted octanol–water partition coefficient (Wildman–Crippen LogP) is 5.63. The van der Waals surface area contributed by atoms with Crippen molar-refractivity contribution in [1.82, 2.24) is 4.98 Å². The quantitative estimate of drug-likeness (QED) is 0.446. The molecule has 3 aromatic carbocycles. The second kappa shape index (κ2) is 9.03. The fourth-order valence-corrected chi connectivity index (χ4v) is 3.90. The van der Waals surface area contributed by atoms with E-state index in [1.54, 1.807) is 24.3 Å². The van der Waals surface area contributed by atoms with Gasteiger partial charge < -0.3 is 10.1 Å². The smallest absolute Gasteiger partial charge is 0.268 e. The molecule has 1 aromatic heterocycles. The summed E-state index contributed by atoms with van der Waals surface area (Å²) in [6.07, 6.45) is 0. The molecule has 1 N–H and O–H groups in total. The Labute approximate surface area is 178 Å². The zero-order valence-corrected chi connectivity index (χ0v) is 16.7. The Morgan fingerprint density at radius 3 is 2.20 bits per heavy atom. The molecule has 0 spiro atoms. The number of anilines is 1. The van der Waals surface area contributed by atoms with Crippen molar-refractivity contribution in [2.24, 2.45) is 0 Å². The van der Waals surface area contributed by atoms with Gasteiger partial charge >= 0.3 is 0 Å². The van der Waals surface area contributed by atoms with Gasteiger partial charge in [-0.1, -0.05) is 60.7 Å². The van der Waals surface area contributed by atoms with E-state index in [2.05, 4.69) is 5.32 Å². The molecular weight excluding hydrogens is 394 g/mol. The molecule has 0 saturated carbocycles. The summed E-state index contributed by atoms with van der Waals surface area (Å²) in [7, 11) is 0. The summed E-state index contributed by atoms with van der Waals surface area (Å²) in [5, 5.41) is 12.3. The van der Waals surface area contributed by atoms with Crippen molar-refractivity contribution in [3.8, 4) is 33.6 Å². The summed E-state index contributed by atoms with van der Waals surface area (Å²) in [5.41, 5.74) is 3.16. The normalized spacial score (nSPS) is 10.2. The van der Waals surface area contributed by atoms with Crippen molar-refractivity contribution in [2.45, 2.75) is 0 Å². The lowest BCUT2D eigenvalue weighted by atomic mass is 10.1. The number of carbonyl (C=O) groups is 1. The number of nitriles is 1. The van der Waals surface area contributed by atoms with Crippen LogP contribution in [0.3, 0.4) is 0 Å². The first-order valence-electron chi connectivity index (χ1n) is 9.27. The van der Waals surface area contributed by atoms with Gasteiger partial charge in [0.15, 0.2) is 6.61 Å². The van der Waals surface area contributed by atoms with Gasteiger partial charge in [-0.2, -0.15) is 5.26 Å². The first kappa shape index (κ1) is 19.4. The Morgan fingerprint density at radius 1 is 0.933 bits per heavy atom. The van der Waals surface area contributed by atoms with Crippen LogP contribution in [0.15, 0.2) is 84.9 Å². The number of nitrogens with one attached hydrogen (secondary N) is 1. The summed E-state index contributed by atoms with van der Waals surface area (Å²) in [6.45, 7) is -0.0186. The third kappa shape index (κ3) is 4.37. The monoisotopic (exact) mass is 411 g/mol. The number of carbonyl (C=O) groups excluding carboxylic acids is 1. The third-order valence-corrected chi connectivity index (χ3v) is 5.42. The van der Waals surface area contributed by atoms with Crippen LogP contribution in [0.4, 0.5) is 5.69 Å². The van der Waals surface area contributed by atoms with E-state index >= 15 is 0 Å². The van der Waals surface area contributed by atoms with Gasteiger partial charge in [0.05, 0.1) is 5.69 Å². The van der Waals surface area contributed by atoms with Crippen molar-refractivity contribution in [3.63, 3.8) is 0 Å². The first-order valence-corrected chi connectivity index (χ1v) is 10.1. The van der Waals surface area contributed by atoms with Gasteiger partial charge in [0, 0.05) is 16.8 Å². The molecule has 0 saturated heterocycles. The van der Waals surface area contributed by atoms with Crippen molar-refractivity contribution in [2.75, 3.05) is 11.9 Å². The van der Waals surface area contributed by atoms with Gasteiger partial charge in [-0.15, -0.1) is 11.3 Å². The number of nitrogens with zero attached hydrogens (tertiary/aromatic N) is 2. The molecule has 30 heavy (non-hydrogen) atoms. The lowest BCUT2D eigenvalue weighted by Crippen LogP contribution is -2.11. The van der Waals surface area contributed by atoms with Crippen LogP contribution < -0.4 is 10.1 Å². The molecule has 0 radical (unpaired) electrons.